The average molecular weight is 203 g/mol. The molecule has 0 aliphatic rings. The molecule has 0 rings (SSSR count). The third kappa shape index (κ3) is 4.66. The summed E-state index contributed by atoms with van der Waals surface area (Å²) >= 11 is 0. The minimum absolute atomic E-state index is 0.152. The van der Waals surface area contributed by atoms with E-state index in [1.54, 1.807) is 27.9 Å². The summed E-state index contributed by atoms with van der Waals surface area (Å²) in [5, 5.41) is 12.6. The summed E-state index contributed by atoms with van der Waals surface area (Å²) in [6, 6.07) is -1.38. The molecule has 0 spiro atoms. The molecule has 0 bridgehead atoms. The van der Waals surface area contributed by atoms with Crippen molar-refractivity contribution in [1.82, 2.24) is 15.8 Å². The van der Waals surface area contributed by atoms with E-state index >= 15 is 0 Å². The number of urea groups is 1. The zero-order valence-corrected chi connectivity index (χ0v) is 8.87. The number of carbonyl (C=O) groups excluding carboxylic acids is 1. The van der Waals surface area contributed by atoms with Gasteiger partial charge in [0, 0.05) is 14.1 Å². The second kappa shape index (κ2) is 5.43. The van der Waals surface area contributed by atoms with Gasteiger partial charge in [-0.2, -0.15) is 0 Å². The van der Waals surface area contributed by atoms with Crippen molar-refractivity contribution in [2.75, 3.05) is 14.1 Å². The molecule has 14 heavy (non-hydrogen) atoms. The molecule has 0 aliphatic heterocycles. The van der Waals surface area contributed by atoms with Crippen molar-refractivity contribution in [3.63, 3.8) is 0 Å². The summed E-state index contributed by atoms with van der Waals surface area (Å²) in [7, 11) is 3.29. The fraction of sp³-hybridized carbons (Fsp3) is 0.750. The lowest BCUT2D eigenvalue weighted by molar-refractivity contribution is -0.140. The molecule has 82 valence electrons. The van der Waals surface area contributed by atoms with Crippen molar-refractivity contribution in [2.45, 2.75) is 19.9 Å². The smallest absolute Gasteiger partial charge is 0.330 e. The predicted octanol–water partition coefficient (Wildman–Crippen LogP) is -0.129. The minimum atomic E-state index is -1.03. The molecular weight excluding hydrogens is 186 g/mol. The number of hydrogen-bond acceptors (Lipinski definition) is 3. The summed E-state index contributed by atoms with van der Waals surface area (Å²) in [6.07, 6.45) is 0. The normalized spacial score (nSPS) is 12.7. The number of nitrogens with one attached hydrogen (secondary N) is 2. The fourth-order valence-electron chi connectivity index (χ4n) is 0.890. The van der Waals surface area contributed by atoms with Crippen LogP contribution in [0.2, 0.25) is 0 Å². The summed E-state index contributed by atoms with van der Waals surface area (Å²) in [5.74, 6) is -1.19. The Kier molecular flexibility index (Phi) is 4.93. The lowest BCUT2D eigenvalue weighted by Crippen LogP contribution is -2.51. The Hall–Kier alpha value is -1.30. The van der Waals surface area contributed by atoms with Gasteiger partial charge >= 0.3 is 12.0 Å². The first-order chi connectivity index (χ1) is 6.34. The van der Waals surface area contributed by atoms with Crippen LogP contribution in [0, 0.1) is 5.92 Å². The van der Waals surface area contributed by atoms with Gasteiger partial charge in [0.2, 0.25) is 0 Å². The van der Waals surface area contributed by atoms with Crippen molar-refractivity contribution in [3.8, 4) is 0 Å². The van der Waals surface area contributed by atoms with E-state index in [1.165, 1.54) is 5.01 Å². The van der Waals surface area contributed by atoms with Crippen LogP contribution < -0.4 is 10.7 Å². The monoisotopic (exact) mass is 203 g/mol. The van der Waals surface area contributed by atoms with Crippen molar-refractivity contribution in [1.29, 1.82) is 0 Å². The van der Waals surface area contributed by atoms with E-state index in [0.29, 0.717) is 0 Å². The van der Waals surface area contributed by atoms with Gasteiger partial charge in [0.15, 0.2) is 0 Å². The Labute approximate surface area is 83.2 Å². The maximum absolute atomic E-state index is 11.1. The molecule has 2 amide bonds. The van der Waals surface area contributed by atoms with Crippen LogP contribution in [0.25, 0.3) is 0 Å². The van der Waals surface area contributed by atoms with Crippen molar-refractivity contribution < 1.29 is 14.7 Å². The second-order valence-electron chi connectivity index (χ2n) is 3.54. The molecule has 0 radical (unpaired) electrons. The van der Waals surface area contributed by atoms with Crippen LogP contribution >= 0.6 is 0 Å². The highest BCUT2D eigenvalue weighted by Gasteiger charge is 2.23. The van der Waals surface area contributed by atoms with Crippen LogP contribution in [0.1, 0.15) is 13.8 Å². The topological polar surface area (TPSA) is 81.7 Å². The quantitative estimate of drug-likeness (QED) is 0.556. The van der Waals surface area contributed by atoms with Gasteiger partial charge in [-0.3, -0.25) is 5.43 Å². The molecule has 6 heteroatoms. The minimum Gasteiger partial charge on any atom is -0.480 e. The molecule has 0 saturated heterocycles. The average Bonchev–Trinajstić information content (AvgIpc) is 1.97. The predicted molar refractivity (Wildman–Crippen MR) is 51.6 cm³/mol. The highest BCUT2D eigenvalue weighted by molar-refractivity contribution is 5.82. The lowest BCUT2D eigenvalue weighted by Gasteiger charge is -2.20. The van der Waals surface area contributed by atoms with Gasteiger partial charge in [0.1, 0.15) is 6.04 Å². The number of carboxylic acid groups (broad SMARTS) is 1. The lowest BCUT2D eigenvalue weighted by atomic mass is 10.1. The van der Waals surface area contributed by atoms with Crippen LogP contribution in [0.4, 0.5) is 4.79 Å². The van der Waals surface area contributed by atoms with Gasteiger partial charge in [0.05, 0.1) is 0 Å². The van der Waals surface area contributed by atoms with E-state index < -0.39 is 18.0 Å². The molecule has 0 aromatic carbocycles. The summed E-state index contributed by atoms with van der Waals surface area (Å²) < 4.78 is 0. The van der Waals surface area contributed by atoms with Crippen molar-refractivity contribution >= 4 is 12.0 Å². The first-order valence-electron chi connectivity index (χ1n) is 4.32. The Morgan fingerprint density at radius 1 is 1.29 bits per heavy atom. The van der Waals surface area contributed by atoms with Crippen LogP contribution in [-0.4, -0.2) is 42.3 Å². The zero-order chi connectivity index (χ0) is 11.3. The Bertz CT molecular complexity index is 216. The van der Waals surface area contributed by atoms with Crippen LogP contribution in [0.3, 0.4) is 0 Å². The first kappa shape index (κ1) is 12.7. The molecule has 1 unspecified atom stereocenters. The van der Waals surface area contributed by atoms with Gasteiger partial charge in [-0.05, 0) is 5.92 Å². The molecule has 0 saturated carbocycles. The van der Waals surface area contributed by atoms with E-state index in [1.807, 2.05) is 0 Å². The van der Waals surface area contributed by atoms with Gasteiger partial charge in [-0.25, -0.2) is 14.6 Å². The maximum Gasteiger partial charge on any atom is 0.330 e. The fourth-order valence-corrected chi connectivity index (χ4v) is 0.890. The number of hydrogen-bond donors (Lipinski definition) is 3. The second-order valence-corrected chi connectivity index (χ2v) is 3.54. The van der Waals surface area contributed by atoms with Gasteiger partial charge in [-0.1, -0.05) is 13.8 Å². The molecule has 0 heterocycles. The maximum atomic E-state index is 11.1. The van der Waals surface area contributed by atoms with Crippen LogP contribution in [0.15, 0.2) is 0 Å². The van der Waals surface area contributed by atoms with E-state index in [2.05, 4.69) is 10.7 Å². The van der Waals surface area contributed by atoms with Gasteiger partial charge in [-0.15, -0.1) is 0 Å². The summed E-state index contributed by atoms with van der Waals surface area (Å²) in [6.45, 7) is 3.46. The molecule has 3 N–H and O–H groups in total. The molecule has 0 aromatic heterocycles. The molecule has 1 atom stereocenters. The highest BCUT2D eigenvalue weighted by atomic mass is 16.4. The molecular formula is C8H17N3O3. The number of carbonyl (C=O) groups is 2. The number of nitrogens with zero attached hydrogens (tertiary/aromatic N) is 1. The Balaban J connectivity index is 4.17. The highest BCUT2D eigenvalue weighted by Crippen LogP contribution is 2.00. The molecule has 6 nitrogen and oxygen atoms in total. The number of rotatable bonds is 4. The van der Waals surface area contributed by atoms with E-state index in [-0.39, 0.29) is 5.92 Å². The Morgan fingerprint density at radius 3 is 2.07 bits per heavy atom. The van der Waals surface area contributed by atoms with Crippen LogP contribution in [0.5, 0.6) is 0 Å². The number of carboxylic acids is 1. The third-order valence-electron chi connectivity index (χ3n) is 1.54. The van der Waals surface area contributed by atoms with Crippen molar-refractivity contribution in [2.24, 2.45) is 5.92 Å². The zero-order valence-electron chi connectivity index (χ0n) is 8.87. The number of aliphatic carboxylic acids is 1. The SMILES string of the molecule is CC(C)C(NC(=O)NN(C)C)C(=O)O. The molecule has 0 aliphatic carbocycles. The van der Waals surface area contributed by atoms with E-state index in [4.69, 9.17) is 5.11 Å². The summed E-state index contributed by atoms with van der Waals surface area (Å²) in [4.78, 5) is 21.9. The molecule has 0 aromatic rings. The van der Waals surface area contributed by atoms with E-state index in [0.717, 1.165) is 0 Å². The van der Waals surface area contributed by atoms with Gasteiger partial charge < -0.3 is 10.4 Å². The molecule has 0 fully saturated rings. The van der Waals surface area contributed by atoms with Crippen LogP contribution in [-0.2, 0) is 4.79 Å². The van der Waals surface area contributed by atoms with Crippen molar-refractivity contribution in [3.05, 3.63) is 0 Å². The number of hydrazine groups is 1. The largest absolute Gasteiger partial charge is 0.480 e. The standard InChI is InChI=1S/C8H17N3O3/c1-5(2)6(7(12)13)9-8(14)10-11(3)4/h5-6H,1-4H3,(H,12,13)(H2,9,10,14). The van der Waals surface area contributed by atoms with E-state index in [9.17, 15) is 9.59 Å². The number of amides is 2. The first-order valence-corrected chi connectivity index (χ1v) is 4.32. The van der Waals surface area contributed by atoms with Gasteiger partial charge in [0.25, 0.3) is 0 Å². The Morgan fingerprint density at radius 2 is 1.79 bits per heavy atom. The summed E-state index contributed by atoms with van der Waals surface area (Å²) in [5.41, 5.74) is 2.40. The third-order valence-corrected chi connectivity index (χ3v) is 1.54.